The molecule has 0 unspecified atom stereocenters. The third-order valence-electron chi connectivity index (χ3n) is 4.45. The van der Waals surface area contributed by atoms with Crippen molar-refractivity contribution in [2.24, 2.45) is 0 Å². The summed E-state index contributed by atoms with van der Waals surface area (Å²) < 4.78 is 15.2. The standard InChI is InChI=1S/C18H14ClFN10O/c1-7(25-15-9(6-21)14(22)27-18(23)28-15)16-26-11-5-8(20)4-10(19)13(11)17(31)30(16)12-2-3-24-29-12/h2-5,7H,1H3,(H,24,29)(H5,22,23,25,27,28)/t7-/m0/s1. The van der Waals surface area contributed by atoms with Gasteiger partial charge in [0, 0.05) is 12.1 Å². The molecule has 4 aromatic rings. The molecule has 11 nitrogen and oxygen atoms in total. The molecule has 1 atom stereocenters. The quantitative estimate of drug-likeness (QED) is 0.368. The van der Waals surface area contributed by atoms with E-state index in [4.69, 9.17) is 23.1 Å². The molecular weight excluding hydrogens is 427 g/mol. The number of nitriles is 1. The number of aromatic amines is 1. The predicted octanol–water partition coefficient (Wildman–Crippen LogP) is 1.90. The number of nitrogens with two attached hydrogens (primary N) is 2. The van der Waals surface area contributed by atoms with Crippen LogP contribution in [0.15, 0.2) is 29.2 Å². The van der Waals surface area contributed by atoms with Gasteiger partial charge in [-0.25, -0.2) is 13.9 Å². The normalized spacial score (nSPS) is 11.9. The summed E-state index contributed by atoms with van der Waals surface area (Å²) in [6, 6.07) is 4.89. The van der Waals surface area contributed by atoms with Gasteiger partial charge >= 0.3 is 0 Å². The van der Waals surface area contributed by atoms with Crippen molar-refractivity contribution in [3.05, 3.63) is 57.0 Å². The summed E-state index contributed by atoms with van der Waals surface area (Å²) in [7, 11) is 0. The van der Waals surface area contributed by atoms with Crippen molar-refractivity contribution in [3.8, 4) is 11.9 Å². The third kappa shape index (κ3) is 3.47. The highest BCUT2D eigenvalue weighted by molar-refractivity contribution is 6.35. The number of H-pyrrole nitrogens is 1. The van der Waals surface area contributed by atoms with Crippen molar-refractivity contribution in [2.45, 2.75) is 13.0 Å². The second kappa shape index (κ2) is 7.54. The van der Waals surface area contributed by atoms with Gasteiger partial charge in [-0.1, -0.05) is 11.6 Å². The minimum Gasteiger partial charge on any atom is -0.382 e. The first kappa shape index (κ1) is 20.0. The highest BCUT2D eigenvalue weighted by Gasteiger charge is 2.22. The van der Waals surface area contributed by atoms with Crippen LogP contribution in [0.4, 0.5) is 22.0 Å². The molecule has 0 saturated carbocycles. The van der Waals surface area contributed by atoms with Crippen LogP contribution < -0.4 is 22.3 Å². The highest BCUT2D eigenvalue weighted by Crippen LogP contribution is 2.27. The Balaban J connectivity index is 1.94. The second-order valence-corrected chi connectivity index (χ2v) is 6.91. The molecule has 0 aliphatic heterocycles. The van der Waals surface area contributed by atoms with Gasteiger partial charge in [-0.15, -0.1) is 0 Å². The lowest BCUT2D eigenvalue weighted by Crippen LogP contribution is -2.28. The number of benzene rings is 1. The minimum atomic E-state index is -0.719. The molecule has 3 aromatic heterocycles. The van der Waals surface area contributed by atoms with Crippen LogP contribution in [-0.2, 0) is 0 Å². The Labute approximate surface area is 178 Å². The summed E-state index contributed by atoms with van der Waals surface area (Å²) in [5.41, 5.74) is 10.9. The fourth-order valence-electron chi connectivity index (χ4n) is 3.13. The van der Waals surface area contributed by atoms with Crippen LogP contribution in [0.3, 0.4) is 0 Å². The molecular formula is C18H14ClFN10O. The van der Waals surface area contributed by atoms with Crippen LogP contribution in [-0.4, -0.2) is 29.7 Å². The van der Waals surface area contributed by atoms with E-state index in [1.807, 2.05) is 6.07 Å². The molecule has 0 aliphatic carbocycles. The van der Waals surface area contributed by atoms with E-state index in [-0.39, 0.29) is 44.9 Å². The number of aromatic nitrogens is 6. The topological polar surface area (TPSA) is 177 Å². The lowest BCUT2D eigenvalue weighted by molar-refractivity contribution is 0.628. The molecule has 0 radical (unpaired) electrons. The van der Waals surface area contributed by atoms with Crippen LogP contribution in [0.5, 0.6) is 0 Å². The number of hydrogen-bond acceptors (Lipinski definition) is 9. The zero-order valence-electron chi connectivity index (χ0n) is 15.9. The number of halogens is 2. The first-order valence-electron chi connectivity index (χ1n) is 8.81. The lowest BCUT2D eigenvalue weighted by atomic mass is 10.2. The zero-order chi connectivity index (χ0) is 22.3. The molecule has 4 rings (SSSR count). The molecule has 1 aromatic carbocycles. The van der Waals surface area contributed by atoms with Gasteiger partial charge in [0.2, 0.25) is 5.95 Å². The van der Waals surface area contributed by atoms with Crippen molar-refractivity contribution in [2.75, 3.05) is 16.8 Å². The van der Waals surface area contributed by atoms with E-state index in [0.717, 1.165) is 12.1 Å². The molecule has 6 N–H and O–H groups in total. The maximum atomic E-state index is 13.9. The molecule has 3 heterocycles. The molecule has 0 aliphatic rings. The van der Waals surface area contributed by atoms with Gasteiger partial charge in [0.05, 0.1) is 28.2 Å². The zero-order valence-corrected chi connectivity index (χ0v) is 16.6. The Bertz CT molecular complexity index is 1410. The molecule has 31 heavy (non-hydrogen) atoms. The summed E-state index contributed by atoms with van der Waals surface area (Å²) in [6.45, 7) is 1.66. The van der Waals surface area contributed by atoms with Crippen LogP contribution in [0.2, 0.25) is 5.02 Å². The third-order valence-corrected chi connectivity index (χ3v) is 4.75. The maximum absolute atomic E-state index is 13.9. The molecule has 0 amide bonds. The van der Waals surface area contributed by atoms with Crippen LogP contribution in [0.25, 0.3) is 16.7 Å². The van der Waals surface area contributed by atoms with Crippen LogP contribution >= 0.6 is 11.6 Å². The number of rotatable bonds is 4. The highest BCUT2D eigenvalue weighted by atomic mass is 35.5. The van der Waals surface area contributed by atoms with Gasteiger partial charge < -0.3 is 16.8 Å². The number of nitrogens with zero attached hydrogens (tertiary/aromatic N) is 6. The maximum Gasteiger partial charge on any atom is 0.268 e. The Morgan fingerprint density at radius 3 is 2.77 bits per heavy atom. The van der Waals surface area contributed by atoms with Gasteiger partial charge in [-0.2, -0.15) is 20.3 Å². The summed E-state index contributed by atoms with van der Waals surface area (Å²) in [5, 5.41) is 18.9. The monoisotopic (exact) mass is 440 g/mol. The first-order valence-corrected chi connectivity index (χ1v) is 9.19. The molecule has 13 heteroatoms. The SMILES string of the molecule is C[C@H](Nc1nc(N)nc(N)c1C#N)c1nc2cc(F)cc(Cl)c2c(=O)n1-c1ccn[nH]1. The predicted molar refractivity (Wildman–Crippen MR) is 112 cm³/mol. The Kier molecular flexibility index (Phi) is 4.88. The smallest absolute Gasteiger partial charge is 0.268 e. The Morgan fingerprint density at radius 1 is 1.32 bits per heavy atom. The fourth-order valence-corrected chi connectivity index (χ4v) is 3.41. The van der Waals surface area contributed by atoms with Crippen molar-refractivity contribution in [1.29, 1.82) is 5.26 Å². The Hall–Kier alpha value is -4.24. The van der Waals surface area contributed by atoms with E-state index >= 15 is 0 Å². The molecule has 0 fully saturated rings. The van der Waals surface area contributed by atoms with Crippen LogP contribution in [0, 0.1) is 17.1 Å². The summed E-state index contributed by atoms with van der Waals surface area (Å²) in [4.78, 5) is 25.5. The van der Waals surface area contributed by atoms with Gasteiger partial charge in [0.25, 0.3) is 5.56 Å². The van der Waals surface area contributed by atoms with Crippen molar-refractivity contribution in [3.63, 3.8) is 0 Å². The molecule has 0 spiro atoms. The molecule has 0 bridgehead atoms. The van der Waals surface area contributed by atoms with Crippen LogP contribution in [0.1, 0.15) is 24.4 Å². The van der Waals surface area contributed by atoms with E-state index < -0.39 is 17.4 Å². The minimum absolute atomic E-state index is 0.0219. The number of anilines is 3. The fraction of sp³-hybridized carbons (Fsp3) is 0.111. The number of nitrogens with one attached hydrogen (secondary N) is 2. The van der Waals surface area contributed by atoms with E-state index in [2.05, 4.69) is 30.5 Å². The average molecular weight is 441 g/mol. The van der Waals surface area contributed by atoms with Gasteiger partial charge in [-0.05, 0) is 13.0 Å². The van der Waals surface area contributed by atoms with Crippen molar-refractivity contribution < 1.29 is 4.39 Å². The largest absolute Gasteiger partial charge is 0.382 e. The average Bonchev–Trinajstić information content (AvgIpc) is 3.21. The van der Waals surface area contributed by atoms with Gasteiger partial charge in [0.1, 0.15) is 34.9 Å². The molecule has 0 saturated heterocycles. The van der Waals surface area contributed by atoms with Gasteiger partial charge in [-0.3, -0.25) is 9.89 Å². The molecule has 156 valence electrons. The lowest BCUT2D eigenvalue weighted by Gasteiger charge is -2.20. The summed E-state index contributed by atoms with van der Waals surface area (Å²) in [6.07, 6.45) is 1.46. The summed E-state index contributed by atoms with van der Waals surface area (Å²) in [5.74, 6) is -0.344. The van der Waals surface area contributed by atoms with E-state index in [9.17, 15) is 14.4 Å². The number of hydrogen-bond donors (Lipinski definition) is 4. The second-order valence-electron chi connectivity index (χ2n) is 6.50. The van der Waals surface area contributed by atoms with E-state index in [0.29, 0.717) is 5.82 Å². The summed E-state index contributed by atoms with van der Waals surface area (Å²) >= 11 is 6.12. The van der Waals surface area contributed by atoms with Crippen molar-refractivity contribution >= 4 is 40.1 Å². The van der Waals surface area contributed by atoms with Crippen molar-refractivity contribution in [1.82, 2.24) is 29.7 Å². The number of nitrogen functional groups attached to an aromatic ring is 2. The van der Waals surface area contributed by atoms with E-state index in [1.165, 1.54) is 10.8 Å². The van der Waals surface area contributed by atoms with E-state index in [1.54, 1.807) is 13.0 Å². The van der Waals surface area contributed by atoms with Gasteiger partial charge in [0.15, 0.2) is 5.82 Å². The number of fused-ring (bicyclic) bond motifs is 1. The Morgan fingerprint density at radius 2 is 2.10 bits per heavy atom. The first-order chi connectivity index (χ1) is 14.8.